The van der Waals surface area contributed by atoms with E-state index in [1.807, 2.05) is 6.07 Å². The van der Waals surface area contributed by atoms with Gasteiger partial charge in [-0.3, -0.25) is 0 Å². The Morgan fingerprint density at radius 1 is 1.44 bits per heavy atom. The molecule has 3 N–H and O–H groups in total. The second-order valence-electron chi connectivity index (χ2n) is 6.29. The van der Waals surface area contributed by atoms with E-state index in [1.165, 1.54) is 0 Å². The van der Waals surface area contributed by atoms with E-state index in [4.69, 9.17) is 15.9 Å². The maximum absolute atomic E-state index is 8.30. The number of hydrogen-bond donors (Lipinski definition) is 2. The summed E-state index contributed by atoms with van der Waals surface area (Å²) in [6.45, 7) is 2.08. The van der Waals surface area contributed by atoms with Crippen LogP contribution in [0.25, 0.3) is 0 Å². The summed E-state index contributed by atoms with van der Waals surface area (Å²) in [7, 11) is 0. The van der Waals surface area contributed by atoms with E-state index in [1.54, 1.807) is 6.20 Å². The van der Waals surface area contributed by atoms with Gasteiger partial charge in [-0.15, -0.1) is 0 Å². The van der Waals surface area contributed by atoms with Gasteiger partial charge in [0, 0.05) is 0 Å². The van der Waals surface area contributed by atoms with Crippen molar-refractivity contribution in [2.45, 2.75) is 40.2 Å². The van der Waals surface area contributed by atoms with Crippen LogP contribution in [-0.4, -0.2) is 32.7 Å². The first kappa shape index (κ1) is 13.6. The molecule has 0 unspecified atom stereocenters. The van der Waals surface area contributed by atoms with Crippen LogP contribution < -0.4 is 10.5 Å². The number of anilines is 1. The molecule has 1 aliphatic carbocycles. The second kappa shape index (κ2) is 4.40. The first-order valence-corrected chi connectivity index (χ1v) is 16.2. The van der Waals surface area contributed by atoms with Crippen molar-refractivity contribution in [3.63, 3.8) is 0 Å². The third kappa shape index (κ3) is 2.96. The van der Waals surface area contributed by atoms with Gasteiger partial charge in [0.25, 0.3) is 0 Å². The molecule has 5 heteroatoms. The summed E-state index contributed by atoms with van der Waals surface area (Å²) < 4.78 is 6.55. The van der Waals surface area contributed by atoms with E-state index >= 15 is 0 Å². The minimum atomic E-state index is -2.42. The third-order valence-corrected chi connectivity index (χ3v) is 8.28. The fraction of sp³-hybridized carbons (Fsp3) is 0.538. The zero-order valence-electron chi connectivity index (χ0n) is 11.5. The maximum atomic E-state index is 8.30. The fourth-order valence-electron chi connectivity index (χ4n) is 1.65. The van der Waals surface area contributed by atoms with E-state index in [0.29, 0.717) is 11.6 Å². The number of nitrogens with two attached hydrogens (primary N) is 1. The Labute approximate surface area is 112 Å². The van der Waals surface area contributed by atoms with Gasteiger partial charge in [0.2, 0.25) is 0 Å². The van der Waals surface area contributed by atoms with Gasteiger partial charge in [0.05, 0.1) is 0 Å². The van der Waals surface area contributed by atoms with Crippen molar-refractivity contribution in [1.29, 1.82) is 5.41 Å². The Balaban J connectivity index is 2.29. The molecule has 0 saturated heterocycles. The zero-order valence-corrected chi connectivity index (χ0v) is 14.4. The normalized spacial score (nSPS) is 17.3. The van der Waals surface area contributed by atoms with Crippen LogP contribution in [0.5, 0.6) is 5.88 Å². The first-order valence-electron chi connectivity index (χ1n) is 6.25. The number of ether oxygens (including phenoxy) is 1. The number of pyridine rings is 1. The van der Waals surface area contributed by atoms with E-state index in [-0.39, 0.29) is 5.60 Å². The number of nitrogen functional groups attached to an aromatic ring is 1. The molecule has 1 aliphatic rings. The van der Waals surface area contributed by atoms with Crippen molar-refractivity contribution in [2.75, 3.05) is 5.73 Å². The zero-order chi connectivity index (χ0) is 13.6. The van der Waals surface area contributed by atoms with E-state index < -0.39 is 18.4 Å². The summed E-state index contributed by atoms with van der Waals surface area (Å²) in [6.07, 6.45) is 3.76. The van der Waals surface area contributed by atoms with Crippen molar-refractivity contribution >= 4 is 27.8 Å². The van der Waals surface area contributed by atoms with Gasteiger partial charge in [0.1, 0.15) is 0 Å². The van der Waals surface area contributed by atoms with Crippen LogP contribution in [0, 0.1) is 5.41 Å². The van der Waals surface area contributed by atoms with Crippen molar-refractivity contribution in [1.82, 2.24) is 4.98 Å². The molecule has 0 aliphatic heterocycles. The Kier molecular flexibility index (Phi) is 3.34. The molecule has 4 nitrogen and oxygen atoms in total. The summed E-state index contributed by atoms with van der Waals surface area (Å²) in [6, 6.07) is 1.84. The summed E-state index contributed by atoms with van der Waals surface area (Å²) in [4.78, 5) is 10.8. The molecule has 2 rings (SSSR count). The van der Waals surface area contributed by atoms with Crippen LogP contribution in [0.1, 0.15) is 25.3 Å². The summed E-state index contributed by atoms with van der Waals surface area (Å²) in [5.74, 6) is 0.597. The van der Waals surface area contributed by atoms with Crippen molar-refractivity contribution in [3.8, 4) is 5.88 Å². The van der Waals surface area contributed by atoms with Crippen molar-refractivity contribution in [2.24, 2.45) is 0 Å². The first-order chi connectivity index (χ1) is 8.21. The van der Waals surface area contributed by atoms with Gasteiger partial charge < -0.3 is 0 Å². The molecule has 0 radical (unpaired) electrons. The van der Waals surface area contributed by atoms with Gasteiger partial charge >= 0.3 is 113 Å². The molecule has 0 spiro atoms. The van der Waals surface area contributed by atoms with Crippen LogP contribution in [0.15, 0.2) is 12.3 Å². The molecule has 1 aromatic rings. The number of nitrogens with one attached hydrogen (secondary N) is 1. The SMILES string of the molecule is CC1(Oc2cc([C](=N)[Sn]([CH3])([CH3])[CH3])c(N)cn2)CC1. The van der Waals surface area contributed by atoms with Gasteiger partial charge in [0.15, 0.2) is 0 Å². The average Bonchev–Trinajstić information content (AvgIpc) is 2.97. The molecule has 98 valence electrons. The number of rotatable bonds is 4. The van der Waals surface area contributed by atoms with Gasteiger partial charge in [-0.2, -0.15) is 0 Å². The average molecular weight is 354 g/mol. The molecular formula is C13H21N3OSn. The molecule has 1 heterocycles. The number of hydrogen-bond acceptors (Lipinski definition) is 4. The summed E-state index contributed by atoms with van der Waals surface area (Å²) in [5.41, 5.74) is 7.29. The molecule has 1 saturated carbocycles. The topological polar surface area (TPSA) is 72.0 Å². The molecule has 1 fully saturated rings. The van der Waals surface area contributed by atoms with Crippen LogP contribution in [0.2, 0.25) is 14.8 Å². The van der Waals surface area contributed by atoms with Crippen LogP contribution in [-0.2, 0) is 0 Å². The predicted molar refractivity (Wildman–Crippen MR) is 77.1 cm³/mol. The fourth-order valence-corrected chi connectivity index (χ4v) is 4.58. The van der Waals surface area contributed by atoms with E-state index in [2.05, 4.69) is 26.7 Å². The third-order valence-electron chi connectivity index (χ3n) is 3.23. The Bertz CT molecular complexity index is 489. The standard InChI is InChI=1S/C10H12N3O.3CH3.Sn/c1-10(2-3-10)14-9-4-7(5-11)8(12)6-13-9;;;;/h4,6,11H,2-3,12H2,1H3;3*1H3;. The molecule has 0 atom stereocenters. The Morgan fingerprint density at radius 3 is 2.56 bits per heavy atom. The quantitative estimate of drug-likeness (QED) is 0.645. The predicted octanol–water partition coefficient (Wildman–Crippen LogP) is 2.84. The Morgan fingerprint density at radius 2 is 2.06 bits per heavy atom. The second-order valence-corrected chi connectivity index (χ2v) is 20.6. The van der Waals surface area contributed by atoms with Crippen molar-refractivity contribution in [3.05, 3.63) is 17.8 Å². The molecule has 18 heavy (non-hydrogen) atoms. The van der Waals surface area contributed by atoms with Crippen molar-refractivity contribution < 1.29 is 4.74 Å². The molecular weight excluding hydrogens is 333 g/mol. The van der Waals surface area contributed by atoms with Crippen LogP contribution >= 0.6 is 0 Å². The molecule has 0 amide bonds. The van der Waals surface area contributed by atoms with Gasteiger partial charge in [-0.05, 0) is 0 Å². The van der Waals surface area contributed by atoms with E-state index in [9.17, 15) is 0 Å². The number of aromatic nitrogens is 1. The van der Waals surface area contributed by atoms with Gasteiger partial charge in [-0.25, -0.2) is 0 Å². The molecule has 0 aromatic carbocycles. The summed E-state index contributed by atoms with van der Waals surface area (Å²) in [5, 5.41) is 8.30. The molecule has 0 bridgehead atoms. The Hall–Kier alpha value is -0.781. The van der Waals surface area contributed by atoms with E-state index in [0.717, 1.165) is 22.1 Å². The minimum absolute atomic E-state index is 0.0480. The molecule has 1 aromatic heterocycles. The van der Waals surface area contributed by atoms with Crippen LogP contribution in [0.4, 0.5) is 5.69 Å². The monoisotopic (exact) mass is 355 g/mol. The van der Waals surface area contributed by atoms with Crippen LogP contribution in [0.3, 0.4) is 0 Å². The number of nitrogens with zero attached hydrogens (tertiary/aromatic N) is 1. The summed E-state index contributed by atoms with van der Waals surface area (Å²) >= 11 is -2.42. The van der Waals surface area contributed by atoms with Gasteiger partial charge in [-0.1, -0.05) is 0 Å².